The fraction of sp³-hybridized carbons (Fsp3) is 0.238. The van der Waals surface area contributed by atoms with Crippen LogP contribution in [0.25, 0.3) is 21.8 Å². The van der Waals surface area contributed by atoms with Gasteiger partial charge in [-0.3, -0.25) is 0 Å². The van der Waals surface area contributed by atoms with Gasteiger partial charge in [0.2, 0.25) is 0 Å². The highest BCUT2D eigenvalue weighted by atomic mass is 32.1. The molecule has 0 unspecified atom stereocenters. The number of nitrogens with zero attached hydrogens (tertiary/aromatic N) is 3. The summed E-state index contributed by atoms with van der Waals surface area (Å²) >= 11 is 1.63. The molecule has 3 heterocycles. The molecule has 0 radical (unpaired) electrons. The van der Waals surface area contributed by atoms with Crippen LogP contribution in [0.3, 0.4) is 0 Å². The van der Waals surface area contributed by atoms with E-state index in [4.69, 9.17) is 4.98 Å². The summed E-state index contributed by atoms with van der Waals surface area (Å²) in [5.74, 6) is 0. The van der Waals surface area contributed by atoms with Gasteiger partial charge < -0.3 is 4.90 Å². The first-order chi connectivity index (χ1) is 12.4. The fourth-order valence-corrected chi connectivity index (χ4v) is 4.09. The highest BCUT2D eigenvalue weighted by Gasteiger charge is 2.21. The zero-order valence-corrected chi connectivity index (χ0v) is 14.8. The van der Waals surface area contributed by atoms with Crippen molar-refractivity contribution in [2.45, 2.75) is 19.3 Å². The van der Waals surface area contributed by atoms with Crippen LogP contribution in [0.2, 0.25) is 0 Å². The minimum absolute atomic E-state index is 0.698. The summed E-state index contributed by atoms with van der Waals surface area (Å²) in [6, 6.07) is 18.8. The lowest BCUT2D eigenvalue weighted by atomic mass is 10.0. The molecule has 3 aromatic rings. The minimum Gasteiger partial charge on any atom is -0.370 e. The van der Waals surface area contributed by atoms with E-state index >= 15 is 0 Å². The largest absolute Gasteiger partial charge is 0.370 e. The van der Waals surface area contributed by atoms with Gasteiger partial charge in [0.25, 0.3) is 0 Å². The summed E-state index contributed by atoms with van der Waals surface area (Å²) in [5.41, 5.74) is 4.55. The molecule has 0 atom stereocenters. The summed E-state index contributed by atoms with van der Waals surface area (Å²) in [4.78, 5) is 8.28. The predicted molar refractivity (Wildman–Crippen MR) is 104 cm³/mol. The molecule has 1 aliphatic rings. The van der Waals surface area contributed by atoms with E-state index in [0.29, 0.717) is 5.56 Å². The van der Waals surface area contributed by atoms with Crippen molar-refractivity contribution in [3.05, 3.63) is 59.5 Å². The molecule has 0 bridgehead atoms. The number of aromatic nitrogens is 1. The van der Waals surface area contributed by atoms with Crippen LogP contribution in [0.15, 0.2) is 53.9 Å². The van der Waals surface area contributed by atoms with Gasteiger partial charge in [-0.1, -0.05) is 36.4 Å². The Morgan fingerprint density at radius 2 is 1.80 bits per heavy atom. The second-order valence-corrected chi connectivity index (χ2v) is 7.20. The van der Waals surface area contributed by atoms with E-state index in [9.17, 15) is 5.26 Å². The molecule has 1 aliphatic heterocycles. The van der Waals surface area contributed by atoms with Gasteiger partial charge in [-0.2, -0.15) is 5.26 Å². The standard InChI is InChI=1S/C21H19N3S/c22-15-17-19(24-11-5-2-6-12-24)14-18(16-8-3-1-4-9-16)23-21(17)20-10-7-13-25-20/h1,3-4,7-10,13-14H,2,5-6,11-12H2. The SMILES string of the molecule is N#Cc1c(N2CCCCC2)cc(-c2ccccc2)nc1-c1cccs1. The number of nitriles is 1. The van der Waals surface area contributed by atoms with Crippen LogP contribution in [-0.4, -0.2) is 18.1 Å². The Labute approximate surface area is 152 Å². The van der Waals surface area contributed by atoms with Gasteiger partial charge in [0.1, 0.15) is 17.3 Å². The van der Waals surface area contributed by atoms with Crippen LogP contribution in [0.5, 0.6) is 0 Å². The third-order valence-electron chi connectivity index (χ3n) is 4.63. The quantitative estimate of drug-likeness (QED) is 0.643. The number of hydrogen-bond acceptors (Lipinski definition) is 4. The zero-order chi connectivity index (χ0) is 17.1. The summed E-state index contributed by atoms with van der Waals surface area (Å²) in [5, 5.41) is 11.9. The Morgan fingerprint density at radius 1 is 1.00 bits per heavy atom. The molecule has 0 aliphatic carbocycles. The van der Waals surface area contributed by atoms with Gasteiger partial charge >= 0.3 is 0 Å². The highest BCUT2D eigenvalue weighted by molar-refractivity contribution is 7.13. The van der Waals surface area contributed by atoms with E-state index < -0.39 is 0 Å². The summed E-state index contributed by atoms with van der Waals surface area (Å²) in [6.45, 7) is 2.02. The molecule has 3 nitrogen and oxygen atoms in total. The smallest absolute Gasteiger partial charge is 0.104 e. The molecular formula is C21H19N3S. The van der Waals surface area contributed by atoms with Gasteiger partial charge in [-0.15, -0.1) is 11.3 Å². The van der Waals surface area contributed by atoms with Crippen molar-refractivity contribution in [1.82, 2.24) is 4.98 Å². The Morgan fingerprint density at radius 3 is 2.48 bits per heavy atom. The number of rotatable bonds is 3. The summed E-state index contributed by atoms with van der Waals surface area (Å²) in [7, 11) is 0. The first-order valence-corrected chi connectivity index (χ1v) is 9.54. The van der Waals surface area contributed by atoms with E-state index in [0.717, 1.165) is 40.6 Å². The van der Waals surface area contributed by atoms with Gasteiger partial charge in [-0.05, 0) is 36.8 Å². The zero-order valence-electron chi connectivity index (χ0n) is 14.0. The second kappa shape index (κ2) is 7.08. The maximum absolute atomic E-state index is 9.88. The van der Waals surface area contributed by atoms with Crippen LogP contribution >= 0.6 is 11.3 Å². The van der Waals surface area contributed by atoms with Crippen molar-refractivity contribution < 1.29 is 0 Å². The second-order valence-electron chi connectivity index (χ2n) is 6.25. The van der Waals surface area contributed by atoms with Crippen LogP contribution < -0.4 is 4.90 Å². The summed E-state index contributed by atoms with van der Waals surface area (Å²) in [6.07, 6.45) is 3.64. The molecule has 0 spiro atoms. The summed E-state index contributed by atoms with van der Waals surface area (Å²) < 4.78 is 0. The molecule has 2 aromatic heterocycles. The van der Waals surface area contributed by atoms with Gasteiger partial charge in [-0.25, -0.2) is 4.98 Å². The van der Waals surface area contributed by atoms with Crippen molar-refractivity contribution in [2.24, 2.45) is 0 Å². The van der Waals surface area contributed by atoms with Crippen LogP contribution in [0, 0.1) is 11.3 Å². The molecule has 4 rings (SSSR count). The molecule has 0 amide bonds. The normalized spacial score (nSPS) is 14.3. The van der Waals surface area contributed by atoms with E-state index in [1.807, 2.05) is 35.7 Å². The average molecular weight is 345 g/mol. The fourth-order valence-electron chi connectivity index (χ4n) is 3.37. The highest BCUT2D eigenvalue weighted by Crippen LogP contribution is 2.36. The van der Waals surface area contributed by atoms with Crippen LogP contribution in [0.1, 0.15) is 24.8 Å². The Bertz CT molecular complexity index is 889. The monoisotopic (exact) mass is 345 g/mol. The first-order valence-electron chi connectivity index (χ1n) is 8.66. The Kier molecular flexibility index (Phi) is 4.49. The van der Waals surface area contributed by atoms with Gasteiger partial charge in [0, 0.05) is 18.7 Å². The molecule has 4 heteroatoms. The number of pyridine rings is 1. The number of anilines is 1. The number of thiophene rings is 1. The lowest BCUT2D eigenvalue weighted by Crippen LogP contribution is -2.30. The molecular weight excluding hydrogens is 326 g/mol. The maximum Gasteiger partial charge on any atom is 0.104 e. The van der Waals surface area contributed by atoms with Gasteiger partial charge in [0.05, 0.1) is 16.3 Å². The lowest BCUT2D eigenvalue weighted by molar-refractivity contribution is 0.577. The molecule has 1 saturated heterocycles. The van der Waals surface area contributed by atoms with E-state index in [1.54, 1.807) is 11.3 Å². The molecule has 1 fully saturated rings. The van der Waals surface area contributed by atoms with Crippen molar-refractivity contribution in [2.75, 3.05) is 18.0 Å². The minimum atomic E-state index is 0.698. The lowest BCUT2D eigenvalue weighted by Gasteiger charge is -2.30. The first kappa shape index (κ1) is 15.9. The van der Waals surface area contributed by atoms with Crippen molar-refractivity contribution in [1.29, 1.82) is 5.26 Å². The van der Waals surface area contributed by atoms with Crippen molar-refractivity contribution in [3.63, 3.8) is 0 Å². The predicted octanol–water partition coefficient (Wildman–Crippen LogP) is 5.34. The van der Waals surface area contributed by atoms with Crippen molar-refractivity contribution in [3.8, 4) is 27.9 Å². The van der Waals surface area contributed by atoms with Crippen LogP contribution in [0.4, 0.5) is 5.69 Å². The van der Waals surface area contributed by atoms with E-state index in [2.05, 4.69) is 29.2 Å². The molecule has 124 valence electrons. The number of hydrogen-bond donors (Lipinski definition) is 0. The molecule has 1 aromatic carbocycles. The van der Waals surface area contributed by atoms with E-state index in [1.165, 1.54) is 19.3 Å². The maximum atomic E-state index is 9.88. The Balaban J connectivity index is 1.92. The molecule has 25 heavy (non-hydrogen) atoms. The number of piperidine rings is 1. The van der Waals surface area contributed by atoms with Crippen molar-refractivity contribution >= 4 is 17.0 Å². The van der Waals surface area contributed by atoms with E-state index in [-0.39, 0.29) is 0 Å². The third-order valence-corrected chi connectivity index (χ3v) is 5.51. The van der Waals surface area contributed by atoms with Crippen LogP contribution in [-0.2, 0) is 0 Å². The average Bonchev–Trinajstić information content (AvgIpc) is 3.23. The Hall–Kier alpha value is -2.64. The molecule has 0 saturated carbocycles. The number of benzene rings is 1. The van der Waals surface area contributed by atoms with Gasteiger partial charge in [0.15, 0.2) is 0 Å². The topological polar surface area (TPSA) is 39.9 Å². The molecule has 0 N–H and O–H groups in total. The third kappa shape index (κ3) is 3.16.